The van der Waals surface area contributed by atoms with Crippen molar-refractivity contribution in [3.63, 3.8) is 0 Å². The summed E-state index contributed by atoms with van der Waals surface area (Å²) in [5, 5.41) is 3.95. The number of hydrogen-bond acceptors (Lipinski definition) is 7. The predicted octanol–water partition coefficient (Wildman–Crippen LogP) is 2.61. The Morgan fingerprint density at radius 1 is 1.20 bits per heavy atom. The number of nitrogens with two attached hydrogens (primary N) is 1. The lowest BCUT2D eigenvalue weighted by Crippen LogP contribution is -2.13. The number of halogens is 2. The normalized spacial score (nSPS) is 10.2. The third-order valence-corrected chi connectivity index (χ3v) is 2.76. The van der Waals surface area contributed by atoms with Crippen LogP contribution >= 0.6 is 23.2 Å². The van der Waals surface area contributed by atoms with E-state index >= 15 is 0 Å². The zero-order valence-electron chi connectivity index (χ0n) is 10.5. The van der Waals surface area contributed by atoms with Gasteiger partial charge in [0.2, 0.25) is 11.9 Å². The van der Waals surface area contributed by atoms with Crippen LogP contribution in [0.5, 0.6) is 6.01 Å². The maximum absolute atomic E-state index is 6.06. The molecule has 7 nitrogen and oxygen atoms in total. The number of rotatable bonds is 5. The second-order valence-electron chi connectivity index (χ2n) is 3.59. The number of benzene rings is 1. The molecule has 4 N–H and O–H groups in total. The van der Waals surface area contributed by atoms with Crippen LogP contribution in [0.4, 0.5) is 17.6 Å². The van der Waals surface area contributed by atoms with E-state index in [4.69, 9.17) is 33.8 Å². The molecular weight excluding hydrogens is 303 g/mol. The molecule has 20 heavy (non-hydrogen) atoms. The van der Waals surface area contributed by atoms with Gasteiger partial charge in [0.25, 0.3) is 0 Å². The van der Waals surface area contributed by atoms with E-state index in [1.807, 2.05) is 6.92 Å². The van der Waals surface area contributed by atoms with Gasteiger partial charge in [0.15, 0.2) is 0 Å². The summed E-state index contributed by atoms with van der Waals surface area (Å²) in [6, 6.07) is 5.15. The first-order valence-electron chi connectivity index (χ1n) is 5.70. The van der Waals surface area contributed by atoms with Crippen molar-refractivity contribution in [1.82, 2.24) is 15.0 Å². The van der Waals surface area contributed by atoms with Gasteiger partial charge in [-0.3, -0.25) is 5.43 Å². The fourth-order valence-corrected chi connectivity index (χ4v) is 1.72. The van der Waals surface area contributed by atoms with Crippen molar-refractivity contribution in [2.24, 2.45) is 5.84 Å². The van der Waals surface area contributed by atoms with E-state index in [1.54, 1.807) is 18.2 Å². The van der Waals surface area contributed by atoms with Crippen LogP contribution in [0.2, 0.25) is 10.0 Å². The topological polar surface area (TPSA) is 98.0 Å². The SMILES string of the molecule is CCOc1nc(NN)nc(Nc2cc(Cl)ccc2Cl)n1. The Bertz CT molecular complexity index is 609. The number of nitrogens with one attached hydrogen (secondary N) is 2. The van der Waals surface area contributed by atoms with Gasteiger partial charge in [0, 0.05) is 5.02 Å². The first kappa shape index (κ1) is 14.6. The molecule has 2 aromatic rings. The molecule has 0 bridgehead atoms. The lowest BCUT2D eigenvalue weighted by molar-refractivity contribution is 0.312. The van der Waals surface area contributed by atoms with Gasteiger partial charge < -0.3 is 10.1 Å². The van der Waals surface area contributed by atoms with Crippen LogP contribution in [0.25, 0.3) is 0 Å². The van der Waals surface area contributed by atoms with Crippen LogP contribution in [0, 0.1) is 0 Å². The van der Waals surface area contributed by atoms with Crippen molar-refractivity contribution < 1.29 is 4.74 Å². The Labute approximate surface area is 125 Å². The van der Waals surface area contributed by atoms with E-state index in [9.17, 15) is 0 Å². The highest BCUT2D eigenvalue weighted by atomic mass is 35.5. The van der Waals surface area contributed by atoms with E-state index in [0.717, 1.165) is 0 Å². The highest BCUT2D eigenvalue weighted by molar-refractivity contribution is 6.35. The molecule has 1 aromatic carbocycles. The van der Waals surface area contributed by atoms with Gasteiger partial charge in [0.1, 0.15) is 0 Å². The molecule has 1 heterocycles. The van der Waals surface area contributed by atoms with Gasteiger partial charge in [-0.15, -0.1) is 0 Å². The van der Waals surface area contributed by atoms with Crippen LogP contribution in [-0.2, 0) is 0 Å². The van der Waals surface area contributed by atoms with Crippen molar-refractivity contribution in [1.29, 1.82) is 0 Å². The molecule has 9 heteroatoms. The molecule has 0 saturated heterocycles. The third-order valence-electron chi connectivity index (χ3n) is 2.19. The molecule has 1 aromatic heterocycles. The number of hydrogen-bond donors (Lipinski definition) is 3. The molecular formula is C11H12Cl2N6O. The van der Waals surface area contributed by atoms with E-state index in [0.29, 0.717) is 22.3 Å². The average molecular weight is 315 g/mol. The van der Waals surface area contributed by atoms with Gasteiger partial charge in [-0.25, -0.2) is 5.84 Å². The van der Waals surface area contributed by atoms with Crippen molar-refractivity contribution in [3.8, 4) is 6.01 Å². The number of hydrazine groups is 1. The quantitative estimate of drug-likeness (QED) is 0.576. The Kier molecular flexibility index (Phi) is 4.78. The Morgan fingerprint density at radius 2 is 1.95 bits per heavy atom. The number of nitrogen functional groups attached to an aromatic ring is 1. The van der Waals surface area contributed by atoms with Crippen LogP contribution in [0.3, 0.4) is 0 Å². The van der Waals surface area contributed by atoms with E-state index in [2.05, 4.69) is 25.7 Å². The summed E-state index contributed by atoms with van der Waals surface area (Å²) in [5.41, 5.74) is 2.90. The largest absolute Gasteiger partial charge is 0.464 e. The summed E-state index contributed by atoms with van der Waals surface area (Å²) in [5.74, 6) is 5.70. The monoisotopic (exact) mass is 314 g/mol. The van der Waals surface area contributed by atoms with Gasteiger partial charge in [0.05, 0.1) is 17.3 Å². The Hall–Kier alpha value is -1.83. The van der Waals surface area contributed by atoms with Gasteiger partial charge in [-0.2, -0.15) is 15.0 Å². The number of ether oxygens (including phenoxy) is 1. The standard InChI is InChI=1S/C11H12Cl2N6O/c1-2-20-11-17-9(16-10(18-11)19-14)15-8-5-6(12)3-4-7(8)13/h3-5H,2,14H2,1H3,(H2,15,16,17,18,19). The minimum absolute atomic E-state index is 0.149. The van der Waals surface area contributed by atoms with Gasteiger partial charge >= 0.3 is 6.01 Å². The highest BCUT2D eigenvalue weighted by Crippen LogP contribution is 2.27. The first-order valence-corrected chi connectivity index (χ1v) is 6.45. The minimum Gasteiger partial charge on any atom is -0.464 e. The zero-order valence-corrected chi connectivity index (χ0v) is 12.0. The molecule has 0 unspecified atom stereocenters. The third kappa shape index (κ3) is 3.60. The second-order valence-corrected chi connectivity index (χ2v) is 4.44. The molecule has 0 aliphatic heterocycles. The summed E-state index contributed by atoms with van der Waals surface area (Å²) >= 11 is 12.0. The number of aromatic nitrogens is 3. The molecule has 106 valence electrons. The molecule has 0 spiro atoms. The fourth-order valence-electron chi connectivity index (χ4n) is 1.38. The summed E-state index contributed by atoms with van der Waals surface area (Å²) in [6.45, 7) is 2.24. The zero-order chi connectivity index (χ0) is 14.5. The smallest absolute Gasteiger partial charge is 0.323 e. The molecule has 2 rings (SSSR count). The molecule has 0 atom stereocenters. The molecule has 0 aliphatic carbocycles. The van der Waals surface area contributed by atoms with Crippen molar-refractivity contribution in [2.45, 2.75) is 6.92 Å². The van der Waals surface area contributed by atoms with E-state index < -0.39 is 0 Å². The summed E-state index contributed by atoms with van der Waals surface area (Å²) < 4.78 is 5.22. The van der Waals surface area contributed by atoms with Gasteiger partial charge in [-0.1, -0.05) is 23.2 Å². The minimum atomic E-state index is 0.149. The van der Waals surface area contributed by atoms with Crippen LogP contribution in [0.1, 0.15) is 6.92 Å². The van der Waals surface area contributed by atoms with Crippen molar-refractivity contribution in [2.75, 3.05) is 17.3 Å². The number of anilines is 3. The van der Waals surface area contributed by atoms with Crippen LogP contribution in [0.15, 0.2) is 18.2 Å². The highest BCUT2D eigenvalue weighted by Gasteiger charge is 2.09. The average Bonchev–Trinajstić information content (AvgIpc) is 2.43. The van der Waals surface area contributed by atoms with E-state index in [1.165, 1.54) is 0 Å². The predicted molar refractivity (Wildman–Crippen MR) is 78.6 cm³/mol. The van der Waals surface area contributed by atoms with Gasteiger partial charge in [-0.05, 0) is 25.1 Å². The summed E-state index contributed by atoms with van der Waals surface area (Å²) in [4.78, 5) is 12.1. The lowest BCUT2D eigenvalue weighted by Gasteiger charge is -2.09. The molecule has 0 amide bonds. The molecule has 0 radical (unpaired) electrons. The van der Waals surface area contributed by atoms with Crippen LogP contribution in [-0.4, -0.2) is 21.6 Å². The van der Waals surface area contributed by atoms with Crippen molar-refractivity contribution in [3.05, 3.63) is 28.2 Å². The van der Waals surface area contributed by atoms with E-state index in [-0.39, 0.29) is 17.9 Å². The maximum atomic E-state index is 6.06. The molecule has 0 fully saturated rings. The second kappa shape index (κ2) is 6.56. The Morgan fingerprint density at radius 3 is 2.65 bits per heavy atom. The Balaban J connectivity index is 2.32. The molecule has 0 aliphatic rings. The van der Waals surface area contributed by atoms with Crippen molar-refractivity contribution >= 4 is 40.8 Å². The molecule has 0 saturated carbocycles. The first-order chi connectivity index (χ1) is 9.62. The fraction of sp³-hybridized carbons (Fsp3) is 0.182. The summed E-state index contributed by atoms with van der Waals surface area (Å²) in [6.07, 6.45) is 0. The lowest BCUT2D eigenvalue weighted by atomic mass is 10.3. The summed E-state index contributed by atoms with van der Waals surface area (Å²) in [7, 11) is 0. The maximum Gasteiger partial charge on any atom is 0.323 e. The number of nitrogens with zero attached hydrogens (tertiary/aromatic N) is 3. The van der Waals surface area contributed by atoms with Crippen LogP contribution < -0.4 is 21.3 Å².